The quantitative estimate of drug-likeness (QED) is 0.614. The fourth-order valence-electron chi connectivity index (χ4n) is 2.42. The lowest BCUT2D eigenvalue weighted by Gasteiger charge is -2.04. The summed E-state index contributed by atoms with van der Waals surface area (Å²) in [6.07, 6.45) is 1.78. The Kier molecular flexibility index (Phi) is 5.29. The summed E-state index contributed by atoms with van der Waals surface area (Å²) in [6, 6.07) is 7.98. The summed E-state index contributed by atoms with van der Waals surface area (Å²) in [6.45, 7) is 3.81. The Bertz CT molecular complexity index is 900. The summed E-state index contributed by atoms with van der Waals surface area (Å²) in [7, 11) is 1.86. The zero-order chi connectivity index (χ0) is 18.0. The van der Waals surface area contributed by atoms with Gasteiger partial charge in [0.05, 0.1) is 34.7 Å². The maximum absolute atomic E-state index is 12.2. The summed E-state index contributed by atoms with van der Waals surface area (Å²) in [4.78, 5) is 19.8. The van der Waals surface area contributed by atoms with Crippen LogP contribution in [0.3, 0.4) is 0 Å². The van der Waals surface area contributed by atoms with Gasteiger partial charge in [-0.3, -0.25) is 9.48 Å². The van der Waals surface area contributed by atoms with Crippen molar-refractivity contribution in [3.8, 4) is 11.3 Å². The van der Waals surface area contributed by atoms with Crippen LogP contribution in [0.4, 0.5) is 5.69 Å². The molecule has 0 atom stereocenters. The van der Waals surface area contributed by atoms with Crippen molar-refractivity contribution in [2.24, 2.45) is 7.05 Å². The first kappa shape index (κ1) is 17.8. The number of rotatable bonds is 5. The Morgan fingerprint density at radius 3 is 2.68 bits per heavy atom. The number of nitrogens with zero attached hydrogens (tertiary/aromatic N) is 3. The summed E-state index contributed by atoms with van der Waals surface area (Å²) in [5.41, 5.74) is 4.51. The van der Waals surface area contributed by atoms with E-state index in [1.165, 1.54) is 11.8 Å². The van der Waals surface area contributed by atoms with Crippen LogP contribution in [0.15, 0.2) is 40.1 Å². The second-order valence-corrected chi connectivity index (χ2v) is 7.49. The Balaban J connectivity index is 1.60. The van der Waals surface area contributed by atoms with E-state index in [1.807, 2.05) is 45.2 Å². The lowest BCUT2D eigenvalue weighted by molar-refractivity contribution is -0.113. The number of hydrogen-bond donors (Lipinski definition) is 2. The van der Waals surface area contributed by atoms with Crippen molar-refractivity contribution in [3.63, 3.8) is 0 Å². The van der Waals surface area contributed by atoms with Crippen LogP contribution in [-0.2, 0) is 11.8 Å². The number of hydrogen-bond acceptors (Lipinski definition) is 4. The van der Waals surface area contributed by atoms with Crippen LogP contribution in [-0.4, -0.2) is 31.4 Å². The Hall–Kier alpha value is -2.06. The molecule has 0 bridgehead atoms. The molecule has 0 saturated carbocycles. The Morgan fingerprint density at radius 2 is 2.04 bits per heavy atom. The molecule has 130 valence electrons. The standard InChI is InChI=1S/C17H18BrN5OS/c1-10-16(11(2)23(3)22-10)21-15(24)9-25-17-19-8-14(20-17)12-4-6-13(18)7-5-12/h4-8H,9H2,1-3H3,(H,19,20)(H,21,24). The van der Waals surface area contributed by atoms with Crippen molar-refractivity contribution in [1.29, 1.82) is 0 Å². The summed E-state index contributed by atoms with van der Waals surface area (Å²) >= 11 is 4.79. The summed E-state index contributed by atoms with van der Waals surface area (Å²) in [5.74, 6) is 0.201. The molecule has 0 spiro atoms. The van der Waals surface area contributed by atoms with Crippen LogP contribution < -0.4 is 5.32 Å². The highest BCUT2D eigenvalue weighted by atomic mass is 79.9. The topological polar surface area (TPSA) is 75.6 Å². The molecule has 2 N–H and O–H groups in total. The SMILES string of the molecule is Cc1nn(C)c(C)c1NC(=O)CSc1ncc(-c2ccc(Br)cc2)[nH]1. The maximum Gasteiger partial charge on any atom is 0.234 e. The number of aromatic nitrogens is 4. The first-order valence-corrected chi connectivity index (χ1v) is 9.45. The van der Waals surface area contributed by atoms with Gasteiger partial charge < -0.3 is 10.3 Å². The van der Waals surface area contributed by atoms with E-state index in [2.05, 4.69) is 36.3 Å². The van der Waals surface area contributed by atoms with Crippen LogP contribution in [0.5, 0.6) is 0 Å². The molecule has 0 aliphatic heterocycles. The van der Waals surface area contributed by atoms with Gasteiger partial charge in [0.25, 0.3) is 0 Å². The third kappa shape index (κ3) is 4.13. The number of halogens is 1. The molecule has 0 unspecified atom stereocenters. The second kappa shape index (κ2) is 7.45. The van der Waals surface area contributed by atoms with Gasteiger partial charge in [-0.1, -0.05) is 39.8 Å². The minimum Gasteiger partial charge on any atom is -0.333 e. The smallest absolute Gasteiger partial charge is 0.234 e. The minimum absolute atomic E-state index is 0.0780. The highest BCUT2D eigenvalue weighted by Gasteiger charge is 2.13. The van der Waals surface area contributed by atoms with Crippen LogP contribution in [0.2, 0.25) is 0 Å². The molecule has 6 nitrogen and oxygen atoms in total. The van der Waals surface area contributed by atoms with Gasteiger partial charge in [0, 0.05) is 11.5 Å². The lowest BCUT2D eigenvalue weighted by atomic mass is 10.2. The molecule has 0 aliphatic carbocycles. The van der Waals surface area contributed by atoms with Crippen LogP contribution in [0.1, 0.15) is 11.4 Å². The van der Waals surface area contributed by atoms with Gasteiger partial charge in [-0.25, -0.2) is 4.98 Å². The van der Waals surface area contributed by atoms with Gasteiger partial charge in [0.15, 0.2) is 5.16 Å². The van der Waals surface area contributed by atoms with Crippen molar-refractivity contribution in [2.45, 2.75) is 19.0 Å². The average molecular weight is 420 g/mol. The first-order chi connectivity index (χ1) is 11.9. The number of amides is 1. The predicted octanol–water partition coefficient (Wildman–Crippen LogP) is 3.92. The minimum atomic E-state index is -0.0780. The van der Waals surface area contributed by atoms with Gasteiger partial charge in [0.2, 0.25) is 5.91 Å². The molecule has 0 saturated heterocycles. The molecule has 0 radical (unpaired) electrons. The fourth-order valence-corrected chi connectivity index (χ4v) is 3.33. The van der Waals surface area contributed by atoms with Crippen molar-refractivity contribution in [3.05, 3.63) is 46.3 Å². The molecule has 0 aliphatic rings. The highest BCUT2D eigenvalue weighted by Crippen LogP contribution is 2.24. The van der Waals surface area contributed by atoms with E-state index in [0.29, 0.717) is 5.16 Å². The molecule has 1 aromatic carbocycles. The van der Waals surface area contributed by atoms with E-state index < -0.39 is 0 Å². The fraction of sp³-hybridized carbons (Fsp3) is 0.235. The van der Waals surface area contributed by atoms with Gasteiger partial charge in [-0.2, -0.15) is 5.10 Å². The number of carbonyl (C=O) groups excluding carboxylic acids is 1. The maximum atomic E-state index is 12.2. The third-order valence-electron chi connectivity index (χ3n) is 3.82. The number of benzene rings is 1. The number of H-pyrrole nitrogens is 1. The van der Waals surface area contributed by atoms with Gasteiger partial charge in [0.1, 0.15) is 0 Å². The number of aromatic amines is 1. The van der Waals surface area contributed by atoms with Crippen LogP contribution >= 0.6 is 27.7 Å². The van der Waals surface area contributed by atoms with Crippen molar-refractivity contribution < 1.29 is 4.79 Å². The molecule has 25 heavy (non-hydrogen) atoms. The van der Waals surface area contributed by atoms with Crippen molar-refractivity contribution in [2.75, 3.05) is 11.1 Å². The number of carbonyl (C=O) groups is 1. The monoisotopic (exact) mass is 419 g/mol. The Morgan fingerprint density at radius 1 is 1.32 bits per heavy atom. The number of thioether (sulfide) groups is 1. The van der Waals surface area contributed by atoms with Crippen LogP contribution in [0.25, 0.3) is 11.3 Å². The van der Waals surface area contributed by atoms with Gasteiger partial charge in [-0.05, 0) is 31.5 Å². The van der Waals surface area contributed by atoms with E-state index >= 15 is 0 Å². The molecular weight excluding hydrogens is 402 g/mol. The number of aryl methyl sites for hydroxylation is 2. The van der Waals surface area contributed by atoms with E-state index in [0.717, 1.165) is 32.8 Å². The highest BCUT2D eigenvalue weighted by molar-refractivity contribution is 9.10. The second-order valence-electron chi connectivity index (χ2n) is 5.62. The molecular formula is C17H18BrN5OS. The number of nitrogens with one attached hydrogen (secondary N) is 2. The van der Waals surface area contributed by atoms with Crippen molar-refractivity contribution >= 4 is 39.3 Å². The molecule has 8 heteroatoms. The van der Waals surface area contributed by atoms with E-state index in [1.54, 1.807) is 10.9 Å². The normalized spacial score (nSPS) is 10.9. The number of anilines is 1. The van der Waals surface area contributed by atoms with Crippen molar-refractivity contribution in [1.82, 2.24) is 19.7 Å². The lowest BCUT2D eigenvalue weighted by Crippen LogP contribution is -2.15. The van der Waals surface area contributed by atoms with E-state index in [-0.39, 0.29) is 11.7 Å². The number of imidazole rings is 1. The summed E-state index contributed by atoms with van der Waals surface area (Å²) < 4.78 is 2.79. The zero-order valence-electron chi connectivity index (χ0n) is 14.1. The molecule has 3 rings (SSSR count). The average Bonchev–Trinajstić information content (AvgIpc) is 3.14. The predicted molar refractivity (Wildman–Crippen MR) is 104 cm³/mol. The Labute approximate surface area is 158 Å². The summed E-state index contributed by atoms with van der Waals surface area (Å²) in [5, 5.41) is 7.94. The first-order valence-electron chi connectivity index (χ1n) is 7.68. The molecule has 2 aromatic heterocycles. The van der Waals surface area contributed by atoms with Gasteiger partial charge >= 0.3 is 0 Å². The molecule has 1 amide bonds. The van der Waals surface area contributed by atoms with E-state index in [4.69, 9.17) is 0 Å². The van der Waals surface area contributed by atoms with Gasteiger partial charge in [-0.15, -0.1) is 0 Å². The zero-order valence-corrected chi connectivity index (χ0v) is 16.5. The van der Waals surface area contributed by atoms with E-state index in [9.17, 15) is 4.79 Å². The molecule has 2 heterocycles. The van der Waals surface area contributed by atoms with Crippen LogP contribution in [0, 0.1) is 13.8 Å². The molecule has 0 fully saturated rings. The molecule has 3 aromatic rings. The largest absolute Gasteiger partial charge is 0.333 e. The third-order valence-corrected chi connectivity index (χ3v) is 5.24.